The molecule has 0 unspecified atom stereocenters. The van der Waals surface area contributed by atoms with Gasteiger partial charge in [0.25, 0.3) is 10.0 Å². The highest BCUT2D eigenvalue weighted by atomic mass is 35.5. The molecule has 0 aliphatic heterocycles. The van der Waals surface area contributed by atoms with Crippen LogP contribution in [0.3, 0.4) is 0 Å². The van der Waals surface area contributed by atoms with Crippen molar-refractivity contribution in [2.45, 2.75) is 77.9 Å². The Morgan fingerprint density at radius 2 is 1.49 bits per heavy atom. The van der Waals surface area contributed by atoms with Crippen molar-refractivity contribution in [1.29, 1.82) is 0 Å². The van der Waals surface area contributed by atoms with Crippen molar-refractivity contribution in [3.05, 3.63) is 94.0 Å². The van der Waals surface area contributed by atoms with Crippen LogP contribution in [-0.2, 0) is 26.2 Å². The topological polar surface area (TPSA) is 86.8 Å². The molecule has 0 aliphatic carbocycles. The van der Waals surface area contributed by atoms with Crippen molar-refractivity contribution >= 4 is 39.1 Å². The summed E-state index contributed by atoms with van der Waals surface area (Å²) in [6.07, 6.45) is 0.326. The molecule has 7 nitrogen and oxygen atoms in total. The largest absolute Gasteiger partial charge is 0.350 e. The molecule has 0 heterocycles. The third kappa shape index (κ3) is 8.33. The van der Waals surface area contributed by atoms with E-state index in [1.807, 2.05) is 60.6 Å². The standard InChI is InChI=1S/C32H40ClN3O4S/c1-8-29(31(38)34-32(5,6)7)35(20-25-11-9-10-12-28(25)33)30(37)21-36(26-18-23(3)17-24(4)19-26)41(39,40)27-15-13-22(2)14-16-27/h9-19,29H,8,20-21H2,1-7H3,(H,34,38)/t29-/m0/s1. The SMILES string of the molecule is CC[C@@H](C(=O)NC(C)(C)C)N(Cc1ccccc1Cl)C(=O)CN(c1cc(C)cc(C)c1)S(=O)(=O)c1ccc(C)cc1. The average Bonchev–Trinajstić information content (AvgIpc) is 2.86. The Morgan fingerprint density at radius 1 is 0.902 bits per heavy atom. The zero-order chi connectivity index (χ0) is 30.5. The smallest absolute Gasteiger partial charge is 0.264 e. The molecule has 0 bridgehead atoms. The minimum Gasteiger partial charge on any atom is -0.350 e. The molecule has 0 saturated heterocycles. The highest BCUT2D eigenvalue weighted by molar-refractivity contribution is 7.92. The van der Waals surface area contributed by atoms with Crippen molar-refractivity contribution in [1.82, 2.24) is 10.2 Å². The van der Waals surface area contributed by atoms with Crippen LogP contribution in [0.5, 0.6) is 0 Å². The van der Waals surface area contributed by atoms with Crippen molar-refractivity contribution in [3.63, 3.8) is 0 Å². The maximum atomic E-state index is 14.2. The molecular formula is C32H40ClN3O4S. The number of carbonyl (C=O) groups excluding carboxylic acids is 2. The van der Waals surface area contributed by atoms with E-state index in [-0.39, 0.29) is 17.3 Å². The molecular weight excluding hydrogens is 558 g/mol. The van der Waals surface area contributed by atoms with Gasteiger partial charge in [-0.2, -0.15) is 0 Å². The number of halogens is 1. The summed E-state index contributed by atoms with van der Waals surface area (Å²) in [5, 5.41) is 3.42. The van der Waals surface area contributed by atoms with Crippen molar-refractivity contribution in [2.24, 2.45) is 0 Å². The fourth-order valence-electron chi connectivity index (χ4n) is 4.64. The molecule has 0 fully saturated rings. The Hall–Kier alpha value is -3.36. The van der Waals surface area contributed by atoms with Crippen LogP contribution in [0.2, 0.25) is 5.02 Å². The number of nitrogens with zero attached hydrogens (tertiary/aromatic N) is 2. The van der Waals surface area contributed by atoms with Gasteiger partial charge in [-0.3, -0.25) is 13.9 Å². The van der Waals surface area contributed by atoms with Crippen molar-refractivity contribution < 1.29 is 18.0 Å². The van der Waals surface area contributed by atoms with E-state index in [1.165, 1.54) is 17.0 Å². The van der Waals surface area contributed by atoms with E-state index in [0.717, 1.165) is 21.0 Å². The monoisotopic (exact) mass is 597 g/mol. The van der Waals surface area contributed by atoms with Crippen LogP contribution in [0.1, 0.15) is 56.4 Å². The molecule has 3 aromatic rings. The average molecular weight is 598 g/mol. The fraction of sp³-hybridized carbons (Fsp3) is 0.375. The van der Waals surface area contributed by atoms with Gasteiger partial charge in [-0.05, 0) is 95.0 Å². The summed E-state index contributed by atoms with van der Waals surface area (Å²) in [4.78, 5) is 29.2. The normalized spacial score (nSPS) is 12.5. The molecule has 220 valence electrons. The zero-order valence-corrected chi connectivity index (χ0v) is 26.4. The first-order valence-corrected chi connectivity index (χ1v) is 15.5. The molecule has 0 aliphatic rings. The highest BCUT2D eigenvalue weighted by Gasteiger charge is 2.35. The summed E-state index contributed by atoms with van der Waals surface area (Å²) < 4.78 is 29.2. The molecule has 3 rings (SSSR count). The van der Waals surface area contributed by atoms with Crippen LogP contribution in [0.4, 0.5) is 5.69 Å². The Labute approximate surface area is 249 Å². The Kier molecular flexibility index (Phi) is 10.3. The van der Waals surface area contributed by atoms with E-state index < -0.39 is 34.1 Å². The van der Waals surface area contributed by atoms with Gasteiger partial charge in [0, 0.05) is 17.1 Å². The lowest BCUT2D eigenvalue weighted by atomic mass is 10.1. The maximum absolute atomic E-state index is 14.2. The lowest BCUT2D eigenvalue weighted by Gasteiger charge is -2.35. The number of amides is 2. The van der Waals surface area contributed by atoms with E-state index in [9.17, 15) is 18.0 Å². The first-order valence-electron chi connectivity index (χ1n) is 13.6. The highest BCUT2D eigenvalue weighted by Crippen LogP contribution is 2.28. The van der Waals surface area contributed by atoms with E-state index in [0.29, 0.717) is 22.7 Å². The third-order valence-electron chi connectivity index (χ3n) is 6.56. The predicted octanol–water partition coefficient (Wildman–Crippen LogP) is 6.18. The number of anilines is 1. The predicted molar refractivity (Wildman–Crippen MR) is 166 cm³/mol. The van der Waals surface area contributed by atoms with Gasteiger partial charge in [0.2, 0.25) is 11.8 Å². The van der Waals surface area contributed by atoms with Gasteiger partial charge in [0.05, 0.1) is 10.6 Å². The second-order valence-electron chi connectivity index (χ2n) is 11.4. The third-order valence-corrected chi connectivity index (χ3v) is 8.72. The molecule has 0 radical (unpaired) electrons. The van der Waals surface area contributed by atoms with Gasteiger partial charge in [0.15, 0.2) is 0 Å². The van der Waals surface area contributed by atoms with Gasteiger partial charge < -0.3 is 10.2 Å². The molecule has 1 N–H and O–H groups in total. The van der Waals surface area contributed by atoms with Crippen molar-refractivity contribution in [3.8, 4) is 0 Å². The zero-order valence-electron chi connectivity index (χ0n) is 24.9. The summed E-state index contributed by atoms with van der Waals surface area (Å²) in [5.41, 5.74) is 3.15. The minimum absolute atomic E-state index is 0.0415. The first kappa shape index (κ1) is 32.2. The molecule has 2 amide bonds. The number of hydrogen-bond donors (Lipinski definition) is 1. The Morgan fingerprint density at radius 3 is 2.02 bits per heavy atom. The van der Waals surface area contributed by atoms with Crippen LogP contribution < -0.4 is 9.62 Å². The molecule has 0 saturated carbocycles. The molecule has 1 atom stereocenters. The van der Waals surface area contributed by atoms with Gasteiger partial charge >= 0.3 is 0 Å². The fourth-order valence-corrected chi connectivity index (χ4v) is 6.24. The number of nitrogens with one attached hydrogen (secondary N) is 1. The van der Waals surface area contributed by atoms with Crippen LogP contribution >= 0.6 is 11.6 Å². The number of carbonyl (C=O) groups is 2. The molecule has 0 spiro atoms. The van der Waals surface area contributed by atoms with Crippen LogP contribution in [0.15, 0.2) is 71.6 Å². The van der Waals surface area contributed by atoms with Gasteiger partial charge in [0.1, 0.15) is 12.6 Å². The summed E-state index contributed by atoms with van der Waals surface area (Å²) in [6.45, 7) is 12.6. The number of sulfonamides is 1. The maximum Gasteiger partial charge on any atom is 0.264 e. The molecule has 41 heavy (non-hydrogen) atoms. The van der Waals surface area contributed by atoms with Crippen LogP contribution in [0.25, 0.3) is 0 Å². The van der Waals surface area contributed by atoms with Crippen molar-refractivity contribution in [2.75, 3.05) is 10.8 Å². The quantitative estimate of drug-likeness (QED) is 0.302. The Bertz CT molecular complexity index is 1480. The lowest BCUT2D eigenvalue weighted by molar-refractivity contribution is -0.141. The lowest BCUT2D eigenvalue weighted by Crippen LogP contribution is -2.55. The second kappa shape index (κ2) is 13.1. The number of rotatable bonds is 10. The summed E-state index contributed by atoms with van der Waals surface area (Å²) in [7, 11) is -4.14. The number of benzene rings is 3. The van der Waals surface area contributed by atoms with Crippen LogP contribution in [0, 0.1) is 20.8 Å². The summed E-state index contributed by atoms with van der Waals surface area (Å²) in [6, 6.07) is 18.2. The minimum atomic E-state index is -4.14. The van der Waals surface area contributed by atoms with Gasteiger partial charge in [-0.1, -0.05) is 60.5 Å². The van der Waals surface area contributed by atoms with E-state index in [1.54, 1.807) is 42.5 Å². The van der Waals surface area contributed by atoms with E-state index in [4.69, 9.17) is 11.6 Å². The number of hydrogen-bond acceptors (Lipinski definition) is 4. The van der Waals surface area contributed by atoms with E-state index in [2.05, 4.69) is 5.32 Å². The van der Waals surface area contributed by atoms with Gasteiger partial charge in [-0.25, -0.2) is 8.42 Å². The second-order valence-corrected chi connectivity index (χ2v) is 13.7. The Balaban J connectivity index is 2.12. The molecule has 9 heteroatoms. The molecule has 3 aromatic carbocycles. The first-order chi connectivity index (χ1) is 19.1. The van der Waals surface area contributed by atoms with Gasteiger partial charge in [-0.15, -0.1) is 0 Å². The number of aryl methyl sites for hydroxylation is 3. The van der Waals surface area contributed by atoms with Crippen LogP contribution in [-0.4, -0.2) is 43.3 Å². The summed E-state index contributed by atoms with van der Waals surface area (Å²) in [5.74, 6) is -0.838. The summed E-state index contributed by atoms with van der Waals surface area (Å²) >= 11 is 6.46. The van der Waals surface area contributed by atoms with E-state index >= 15 is 0 Å². The molecule has 0 aromatic heterocycles.